The van der Waals surface area contributed by atoms with Crippen LogP contribution < -0.4 is 27.0 Å². The maximum atomic E-state index is 15.6. The summed E-state index contributed by atoms with van der Waals surface area (Å²) in [6.07, 6.45) is 20.1. The Kier molecular flexibility index (Phi) is 11.8. The minimum absolute atomic E-state index is 0.0353. The molecule has 4 aliphatic heterocycles. The molecule has 4 heterocycles. The molecular weight excluding hydrogens is 741 g/mol. The van der Waals surface area contributed by atoms with Crippen LogP contribution in [-0.4, -0.2) is 93.5 Å². The molecule has 9 rings (SSSR count). The van der Waals surface area contributed by atoms with Crippen LogP contribution in [-0.2, 0) is 19.1 Å². The van der Waals surface area contributed by atoms with Gasteiger partial charge in [0.25, 0.3) is 0 Å². The van der Waals surface area contributed by atoms with Gasteiger partial charge in [-0.2, -0.15) is 0 Å². The van der Waals surface area contributed by atoms with Gasteiger partial charge in [0.05, 0.1) is 30.0 Å². The zero-order chi connectivity index (χ0) is 39.3. The second-order valence-electron chi connectivity index (χ2n) is 19.4. The quantitative estimate of drug-likeness (QED) is 0.169. The zero-order valence-electron chi connectivity index (χ0n) is 33.6. The molecule has 9 aliphatic rings. The molecule has 1 spiro atoms. The van der Waals surface area contributed by atoms with Crippen molar-refractivity contribution in [3.05, 3.63) is 0 Å². The van der Waals surface area contributed by atoms with E-state index >= 15 is 14.4 Å². The molecule has 314 valence electrons. The number of nitrogens with zero attached hydrogens (tertiary/aromatic N) is 1. The summed E-state index contributed by atoms with van der Waals surface area (Å²) < 4.78 is 6.85. The van der Waals surface area contributed by atoms with Crippen molar-refractivity contribution in [2.45, 2.75) is 188 Å². The normalized spacial score (nSPS) is 43.8. The number of urea groups is 1. The van der Waals surface area contributed by atoms with Gasteiger partial charge in [-0.3, -0.25) is 24.6 Å². The van der Waals surface area contributed by atoms with Crippen LogP contribution in [0.1, 0.15) is 135 Å². The number of aliphatic hydroxyl groups is 1. The average molecular weight is 807 g/mol. The third kappa shape index (κ3) is 7.39. The highest BCUT2D eigenvalue weighted by Gasteiger charge is 2.77. The van der Waals surface area contributed by atoms with Gasteiger partial charge in [0.15, 0.2) is 0 Å². The van der Waals surface area contributed by atoms with Crippen LogP contribution in [0.4, 0.5) is 4.79 Å². The number of ether oxygens (including phenoxy) is 1. The van der Waals surface area contributed by atoms with Crippen molar-refractivity contribution >= 4 is 35.6 Å². The molecule has 57 heavy (non-hydrogen) atoms. The van der Waals surface area contributed by atoms with E-state index < -0.39 is 23.4 Å². The number of fused-ring (bicyclic) bond motifs is 4. The summed E-state index contributed by atoms with van der Waals surface area (Å²) in [7, 11) is 0. The third-order valence-corrected chi connectivity index (χ3v) is 17.8. The van der Waals surface area contributed by atoms with Crippen molar-refractivity contribution in [1.29, 1.82) is 0 Å². The van der Waals surface area contributed by atoms with Gasteiger partial charge in [0, 0.05) is 29.3 Å². The lowest BCUT2D eigenvalue weighted by Gasteiger charge is -2.54. The number of carbonyl (C=O) groups excluding carboxylic acids is 4. The Labute approximate surface area is 342 Å². The Balaban J connectivity index is 1.17. The van der Waals surface area contributed by atoms with E-state index in [-0.39, 0.29) is 83.8 Å². The number of hydrogen-bond acceptors (Lipinski definition) is 9. The minimum Gasteiger partial charge on any atom is -0.459 e. The lowest BCUT2D eigenvalue weighted by molar-refractivity contribution is -0.190. The zero-order valence-corrected chi connectivity index (χ0v) is 34.5. The van der Waals surface area contributed by atoms with Crippen LogP contribution >= 0.6 is 11.8 Å². The molecule has 4 saturated heterocycles. The Morgan fingerprint density at radius 2 is 1.56 bits per heavy atom. The number of nitrogens with two attached hydrogens (primary N) is 1. The summed E-state index contributed by atoms with van der Waals surface area (Å²) >= 11 is 1.79. The number of primary amides is 1. The summed E-state index contributed by atoms with van der Waals surface area (Å²) in [5.41, 5.74) is 3.87. The molecule has 12 atom stereocenters. The highest BCUT2D eigenvalue weighted by Crippen LogP contribution is 2.64. The van der Waals surface area contributed by atoms with Crippen LogP contribution in [0.25, 0.3) is 0 Å². The molecule has 13 heteroatoms. The average Bonchev–Trinajstić information content (AvgIpc) is 3.87. The summed E-state index contributed by atoms with van der Waals surface area (Å²) in [4.78, 5) is 60.3. The van der Waals surface area contributed by atoms with Crippen molar-refractivity contribution in [1.82, 2.24) is 26.2 Å². The standard InChI is InChI=1S/C44H66N6O6S/c45-42(55)46-23-9-10-25-17-22-31-30(24-25)44(41(54)47-31)34(39(52)49-43-48-32-15-7-8-16-33(32)57-43)36-40(53)56-37(27-13-5-2-6-14-27)35(26-11-3-1-4-12-26)50(36)38(44)28-18-20-29(51)21-19-28/h25-38,43,48,51H,1-8,11-24H2,(H,47,54)(H,49,52)(H3,45,46,55)/t25?,28?,29?,30?,31?,32?,33?,34-,35-,36-,37+,38+,43?,44-/m0/s1. The van der Waals surface area contributed by atoms with E-state index in [1.165, 1.54) is 25.7 Å². The number of esters is 1. The molecule has 0 aromatic heterocycles. The van der Waals surface area contributed by atoms with Gasteiger partial charge in [-0.05, 0) is 107 Å². The van der Waals surface area contributed by atoms with Gasteiger partial charge in [0.1, 0.15) is 17.6 Å². The molecule has 0 radical (unpaired) electrons. The summed E-state index contributed by atoms with van der Waals surface area (Å²) in [5, 5.41) is 24.6. The van der Waals surface area contributed by atoms with Gasteiger partial charge < -0.3 is 31.5 Å². The van der Waals surface area contributed by atoms with Gasteiger partial charge in [-0.15, -0.1) is 11.8 Å². The molecule has 5 aliphatic carbocycles. The molecule has 12 nitrogen and oxygen atoms in total. The van der Waals surface area contributed by atoms with Crippen molar-refractivity contribution in [2.24, 2.45) is 46.7 Å². The van der Waals surface area contributed by atoms with Crippen LogP contribution in [0.2, 0.25) is 0 Å². The van der Waals surface area contributed by atoms with Gasteiger partial charge in [-0.25, -0.2) is 4.79 Å². The monoisotopic (exact) mass is 806 g/mol. The number of cyclic esters (lactones) is 1. The molecule has 0 aromatic rings. The molecule has 7 N–H and O–H groups in total. The Morgan fingerprint density at radius 3 is 2.28 bits per heavy atom. The van der Waals surface area contributed by atoms with E-state index in [0.717, 1.165) is 89.9 Å². The van der Waals surface area contributed by atoms with Gasteiger partial charge in [-0.1, -0.05) is 63.2 Å². The number of nitrogens with one attached hydrogen (secondary N) is 4. The van der Waals surface area contributed by atoms with Crippen LogP contribution in [0.15, 0.2) is 0 Å². The van der Waals surface area contributed by atoms with Crippen LogP contribution in [0, 0.1) is 52.8 Å². The number of hydrogen-bond donors (Lipinski definition) is 6. The summed E-state index contributed by atoms with van der Waals surface area (Å²) in [6, 6.07) is -1.67. The van der Waals surface area contributed by atoms with Gasteiger partial charge in [0.2, 0.25) is 11.8 Å². The van der Waals surface area contributed by atoms with E-state index in [4.69, 9.17) is 10.5 Å². The van der Waals surface area contributed by atoms with E-state index in [1.54, 1.807) is 11.8 Å². The maximum absolute atomic E-state index is 15.6. The SMILES string of the molecule is NC(=O)NCC#CC1CCC2NC(=O)[C@@]3(C2C1)[C@H](C(=O)NC1NC2CCCCC2S1)[C@H]1C(=O)O[C@H](C2CCCCC2)[C@H](C2CCCCC2)N1[C@@H]3C1CCC(O)CC1. The Bertz CT molecular complexity index is 1570. The summed E-state index contributed by atoms with van der Waals surface area (Å²) in [5.74, 6) is 5.35. The number of carbonyl (C=O) groups is 4. The fourth-order valence-corrected chi connectivity index (χ4v) is 15.5. The van der Waals surface area contributed by atoms with Crippen molar-refractivity contribution in [3.63, 3.8) is 0 Å². The fraction of sp³-hybridized carbons (Fsp3) is 0.864. The van der Waals surface area contributed by atoms with Crippen molar-refractivity contribution in [2.75, 3.05) is 6.54 Å². The van der Waals surface area contributed by atoms with E-state index in [9.17, 15) is 9.90 Å². The fourth-order valence-electron chi connectivity index (χ4n) is 14.0. The van der Waals surface area contributed by atoms with E-state index in [2.05, 4.69) is 38.0 Å². The van der Waals surface area contributed by atoms with Crippen LogP contribution in [0.3, 0.4) is 0 Å². The highest BCUT2D eigenvalue weighted by atomic mass is 32.2. The first-order chi connectivity index (χ1) is 27.7. The topological polar surface area (TPSA) is 175 Å². The number of aliphatic hydroxyl groups excluding tert-OH is 1. The smallest absolute Gasteiger partial charge is 0.324 e. The molecule has 5 saturated carbocycles. The number of rotatable bonds is 6. The number of amides is 4. The molecule has 0 bridgehead atoms. The molecule has 4 amide bonds. The highest BCUT2D eigenvalue weighted by molar-refractivity contribution is 8.00. The first-order valence-electron chi connectivity index (χ1n) is 22.9. The Hall–Kier alpha value is -2.53. The molecule has 9 fully saturated rings. The molecule has 6 unspecified atom stereocenters. The van der Waals surface area contributed by atoms with Crippen molar-refractivity contribution < 1.29 is 29.0 Å². The molecular formula is C44H66N6O6S. The van der Waals surface area contributed by atoms with E-state index in [1.807, 2.05) is 0 Å². The predicted molar refractivity (Wildman–Crippen MR) is 217 cm³/mol. The lowest BCUT2D eigenvalue weighted by atomic mass is 9.55. The first kappa shape index (κ1) is 39.9. The molecule has 0 aromatic carbocycles. The second kappa shape index (κ2) is 16.8. The summed E-state index contributed by atoms with van der Waals surface area (Å²) in [6.45, 7) is 0.154. The third-order valence-electron chi connectivity index (χ3n) is 16.3. The van der Waals surface area contributed by atoms with Crippen LogP contribution in [0.5, 0.6) is 0 Å². The Morgan fingerprint density at radius 1 is 0.860 bits per heavy atom. The largest absolute Gasteiger partial charge is 0.459 e. The lowest BCUT2D eigenvalue weighted by Crippen LogP contribution is -2.66. The minimum atomic E-state index is -1.18. The van der Waals surface area contributed by atoms with Crippen molar-refractivity contribution in [3.8, 4) is 11.8 Å². The second-order valence-corrected chi connectivity index (χ2v) is 20.7. The first-order valence-corrected chi connectivity index (χ1v) is 23.9. The number of thioether (sulfide) groups is 1. The number of morpholine rings is 1. The van der Waals surface area contributed by atoms with Gasteiger partial charge >= 0.3 is 12.0 Å². The maximum Gasteiger partial charge on any atom is 0.324 e. The van der Waals surface area contributed by atoms with E-state index in [0.29, 0.717) is 36.5 Å². The predicted octanol–water partition coefficient (Wildman–Crippen LogP) is 4.28.